The maximum absolute atomic E-state index is 13.5. The van der Waals surface area contributed by atoms with Gasteiger partial charge in [-0.05, 0) is 74.6 Å². The molecule has 2 heteroatoms. The Hall–Kier alpha value is -0.630. The van der Waals surface area contributed by atoms with Crippen LogP contribution in [0.25, 0.3) is 0 Å². The monoisotopic (exact) mass is 293 g/mol. The minimum atomic E-state index is 0.233. The second-order valence-electron chi connectivity index (χ2n) is 7.86. The second-order valence-corrected chi connectivity index (χ2v) is 7.86. The molecule has 0 radical (unpaired) electrons. The average Bonchev–Trinajstić information content (AvgIpc) is 2.73. The van der Waals surface area contributed by atoms with Crippen LogP contribution >= 0.6 is 0 Å². The maximum atomic E-state index is 13.5. The van der Waals surface area contributed by atoms with Gasteiger partial charge >= 0.3 is 0 Å². The molecule has 120 valence electrons. The van der Waals surface area contributed by atoms with Gasteiger partial charge in [0.2, 0.25) is 0 Å². The molecule has 0 amide bonds. The Kier molecular flexibility index (Phi) is 4.97. The number of hydrogen-bond donors (Lipinski definition) is 0. The fourth-order valence-corrected chi connectivity index (χ4v) is 4.63. The highest BCUT2D eigenvalue weighted by Crippen LogP contribution is 2.56. The minimum Gasteiger partial charge on any atom is -0.301 e. The third-order valence-corrected chi connectivity index (χ3v) is 5.51. The molecule has 0 bridgehead atoms. The molecule has 1 aliphatic carbocycles. The second kappa shape index (κ2) is 6.24. The van der Waals surface area contributed by atoms with Gasteiger partial charge in [-0.25, -0.2) is 4.39 Å². The van der Waals surface area contributed by atoms with E-state index in [0.29, 0.717) is 17.9 Å². The van der Waals surface area contributed by atoms with Crippen LogP contribution in [0.4, 0.5) is 4.39 Å². The summed E-state index contributed by atoms with van der Waals surface area (Å²) < 4.78 is 13.5. The van der Waals surface area contributed by atoms with Crippen molar-refractivity contribution in [3.63, 3.8) is 0 Å². The summed E-state index contributed by atoms with van der Waals surface area (Å²) in [5.41, 5.74) is 4.10. The molecule has 1 heterocycles. The van der Waals surface area contributed by atoms with E-state index in [-0.39, 0.29) is 5.41 Å². The Morgan fingerprint density at radius 3 is 1.95 bits per heavy atom. The fourth-order valence-electron chi connectivity index (χ4n) is 4.63. The zero-order valence-corrected chi connectivity index (χ0v) is 14.7. The quantitative estimate of drug-likeness (QED) is 0.678. The van der Waals surface area contributed by atoms with E-state index in [2.05, 4.69) is 46.4 Å². The first-order valence-corrected chi connectivity index (χ1v) is 8.60. The topological polar surface area (TPSA) is 3.24 Å². The van der Waals surface area contributed by atoms with Gasteiger partial charge in [0.1, 0.15) is 0 Å². The van der Waals surface area contributed by atoms with Crippen molar-refractivity contribution in [3.05, 3.63) is 23.0 Å². The first-order chi connectivity index (χ1) is 9.82. The molecule has 0 N–H and O–H groups in total. The van der Waals surface area contributed by atoms with Crippen LogP contribution in [0.5, 0.6) is 0 Å². The molecule has 0 unspecified atom stereocenters. The Morgan fingerprint density at radius 2 is 1.57 bits per heavy atom. The number of rotatable bonds is 3. The van der Waals surface area contributed by atoms with Gasteiger partial charge in [-0.2, -0.15) is 0 Å². The van der Waals surface area contributed by atoms with E-state index in [1.807, 2.05) is 0 Å². The number of hydrogen-bond acceptors (Lipinski definition) is 1. The normalized spacial score (nSPS) is 25.3. The summed E-state index contributed by atoms with van der Waals surface area (Å²) in [6.07, 6.45) is 4.19. The van der Waals surface area contributed by atoms with E-state index < -0.39 is 0 Å². The van der Waals surface area contributed by atoms with Gasteiger partial charge in [-0.1, -0.05) is 33.3 Å². The summed E-state index contributed by atoms with van der Waals surface area (Å²) >= 11 is 0. The molecule has 1 aliphatic heterocycles. The van der Waals surface area contributed by atoms with E-state index in [1.165, 1.54) is 18.4 Å². The van der Waals surface area contributed by atoms with Crippen LogP contribution in [0.3, 0.4) is 0 Å². The molecule has 2 aliphatic rings. The lowest BCUT2D eigenvalue weighted by Crippen LogP contribution is -2.43. The average molecular weight is 293 g/mol. The molecule has 1 saturated heterocycles. The number of halogens is 1. The summed E-state index contributed by atoms with van der Waals surface area (Å²) in [6, 6.07) is 0.621. The van der Waals surface area contributed by atoms with Gasteiger partial charge < -0.3 is 4.90 Å². The molecule has 2 rings (SSSR count). The van der Waals surface area contributed by atoms with Crippen molar-refractivity contribution in [1.82, 2.24) is 4.90 Å². The van der Waals surface area contributed by atoms with Crippen molar-refractivity contribution in [2.45, 2.75) is 66.8 Å². The van der Waals surface area contributed by atoms with Gasteiger partial charge in [0.15, 0.2) is 0 Å². The lowest BCUT2D eigenvalue weighted by atomic mass is 9.69. The van der Waals surface area contributed by atoms with E-state index in [4.69, 9.17) is 0 Å². The Labute approximate surface area is 130 Å². The van der Waals surface area contributed by atoms with Gasteiger partial charge in [0, 0.05) is 6.04 Å². The van der Waals surface area contributed by atoms with E-state index in [0.717, 1.165) is 31.4 Å². The predicted octanol–water partition coefficient (Wildman–Crippen LogP) is 5.34. The van der Waals surface area contributed by atoms with Crippen LogP contribution in [0.1, 0.15) is 60.8 Å². The van der Waals surface area contributed by atoms with E-state index in [1.54, 1.807) is 5.57 Å². The predicted molar refractivity (Wildman–Crippen MR) is 88.9 cm³/mol. The van der Waals surface area contributed by atoms with Crippen molar-refractivity contribution in [2.24, 2.45) is 17.3 Å². The molecule has 21 heavy (non-hydrogen) atoms. The third kappa shape index (κ3) is 2.97. The number of piperidine rings is 1. The maximum Gasteiger partial charge on any atom is 0.0902 e. The van der Waals surface area contributed by atoms with Crippen LogP contribution in [0.15, 0.2) is 23.0 Å². The molecule has 0 saturated carbocycles. The van der Waals surface area contributed by atoms with Crippen molar-refractivity contribution in [1.29, 1.82) is 0 Å². The zero-order chi connectivity index (χ0) is 15.8. The van der Waals surface area contributed by atoms with Crippen LogP contribution in [0.2, 0.25) is 0 Å². The van der Waals surface area contributed by atoms with Crippen molar-refractivity contribution in [3.8, 4) is 0 Å². The van der Waals surface area contributed by atoms with E-state index >= 15 is 0 Å². The third-order valence-electron chi connectivity index (χ3n) is 5.51. The zero-order valence-electron chi connectivity index (χ0n) is 14.7. The summed E-state index contributed by atoms with van der Waals surface area (Å²) in [5.74, 6) is 0.942. The molecule has 0 aromatic rings. The summed E-state index contributed by atoms with van der Waals surface area (Å²) in [4.78, 5) is 2.56. The summed E-state index contributed by atoms with van der Waals surface area (Å²) in [6.45, 7) is 15.9. The highest BCUT2D eigenvalue weighted by atomic mass is 19.1. The standard InChI is InChI=1S/C19H32FN/c1-13(2)17-16(12-20)11-19(18(17)14(3)4)7-9-21(10-8-19)15(5)6/h12-15H,7-11H2,1-6H3/b16-12+. The smallest absolute Gasteiger partial charge is 0.0902 e. The Bertz CT molecular complexity index is 434. The molecule has 0 aromatic carbocycles. The van der Waals surface area contributed by atoms with Crippen LogP contribution in [-0.4, -0.2) is 24.0 Å². The van der Waals surface area contributed by atoms with Crippen molar-refractivity contribution in [2.75, 3.05) is 13.1 Å². The first-order valence-electron chi connectivity index (χ1n) is 8.60. The lowest BCUT2D eigenvalue weighted by Gasteiger charge is -2.44. The molecule has 1 fully saturated rings. The molecule has 1 nitrogen and oxygen atoms in total. The molecule has 0 aromatic heterocycles. The fraction of sp³-hybridized carbons (Fsp3) is 0.789. The van der Waals surface area contributed by atoms with Gasteiger partial charge in [0.25, 0.3) is 0 Å². The molecule has 1 spiro atoms. The van der Waals surface area contributed by atoms with Gasteiger partial charge in [-0.15, -0.1) is 0 Å². The Balaban J connectivity index is 2.37. The van der Waals surface area contributed by atoms with Crippen LogP contribution in [-0.2, 0) is 0 Å². The number of allylic oxidation sites excluding steroid dienone is 3. The van der Waals surface area contributed by atoms with Gasteiger partial charge in [0.05, 0.1) is 6.33 Å². The summed E-state index contributed by atoms with van der Waals surface area (Å²) in [7, 11) is 0. The first kappa shape index (κ1) is 16.7. The number of likely N-dealkylation sites (tertiary alicyclic amines) is 1. The Morgan fingerprint density at radius 1 is 1.00 bits per heavy atom. The van der Waals surface area contributed by atoms with Crippen molar-refractivity contribution >= 4 is 0 Å². The van der Waals surface area contributed by atoms with Gasteiger partial charge in [-0.3, -0.25) is 0 Å². The SMILES string of the molecule is CC(C)C1=C(C(C)C)C2(CCN(C(C)C)CC2)C/C1=C\F. The van der Waals surface area contributed by atoms with E-state index in [9.17, 15) is 4.39 Å². The molecular weight excluding hydrogens is 261 g/mol. The largest absolute Gasteiger partial charge is 0.301 e. The highest BCUT2D eigenvalue weighted by molar-refractivity contribution is 5.47. The molecular formula is C19H32FN. The van der Waals surface area contributed by atoms with Crippen LogP contribution < -0.4 is 0 Å². The number of nitrogens with zero attached hydrogens (tertiary/aromatic N) is 1. The highest BCUT2D eigenvalue weighted by Gasteiger charge is 2.46. The lowest BCUT2D eigenvalue weighted by molar-refractivity contribution is 0.104. The minimum absolute atomic E-state index is 0.233. The summed E-state index contributed by atoms with van der Waals surface area (Å²) in [5, 5.41) is 0. The van der Waals surface area contributed by atoms with Crippen molar-refractivity contribution < 1.29 is 4.39 Å². The van der Waals surface area contributed by atoms with Crippen LogP contribution in [0, 0.1) is 17.3 Å². The molecule has 0 atom stereocenters.